The number of carbonyl (C=O) groups excluding carboxylic acids is 3. The molecule has 1 aliphatic rings. The van der Waals surface area contributed by atoms with Crippen molar-refractivity contribution in [2.24, 2.45) is 5.73 Å². The zero-order valence-corrected chi connectivity index (χ0v) is 19.8. The summed E-state index contributed by atoms with van der Waals surface area (Å²) in [6.45, 7) is 3.71. The topological polar surface area (TPSA) is 129 Å². The van der Waals surface area contributed by atoms with E-state index in [0.29, 0.717) is 28.3 Å². The Morgan fingerprint density at radius 1 is 1.21 bits per heavy atom. The molecule has 3 N–H and O–H groups in total. The Morgan fingerprint density at radius 3 is 2.70 bits per heavy atom. The summed E-state index contributed by atoms with van der Waals surface area (Å²) in [5.74, 6) is -1.18. The molecule has 0 saturated carbocycles. The molecular weight excluding hydrogens is 442 g/mol. The molecule has 3 aromatic heterocycles. The van der Waals surface area contributed by atoms with Gasteiger partial charge in [0, 0.05) is 22.7 Å². The third-order valence-electron chi connectivity index (χ3n) is 6.14. The van der Waals surface area contributed by atoms with Crippen molar-refractivity contribution in [3.8, 4) is 0 Å². The fraction of sp³-hybridized carbons (Fsp3) is 0.435. The highest BCUT2D eigenvalue weighted by molar-refractivity contribution is 7.17. The average Bonchev–Trinajstić information content (AvgIpc) is 3.26. The van der Waals surface area contributed by atoms with Crippen molar-refractivity contribution in [2.45, 2.75) is 58.8 Å². The molecule has 0 unspecified atom stereocenters. The van der Waals surface area contributed by atoms with Crippen molar-refractivity contribution < 1.29 is 19.1 Å². The number of fused-ring (bicyclic) bond motifs is 2. The van der Waals surface area contributed by atoms with Crippen LogP contribution in [0.1, 0.15) is 73.8 Å². The van der Waals surface area contributed by atoms with Crippen molar-refractivity contribution in [2.75, 3.05) is 12.4 Å². The lowest BCUT2D eigenvalue weighted by atomic mass is 10.0. The van der Waals surface area contributed by atoms with Gasteiger partial charge in [0.1, 0.15) is 10.6 Å². The maximum Gasteiger partial charge on any atom is 0.341 e. The number of primary amides is 1. The Balaban J connectivity index is 1.54. The van der Waals surface area contributed by atoms with E-state index in [9.17, 15) is 14.4 Å². The number of ether oxygens (including phenoxy) is 1. The molecule has 174 valence electrons. The third-order valence-corrected chi connectivity index (χ3v) is 7.35. The number of anilines is 1. The first-order valence-electron chi connectivity index (χ1n) is 11.0. The number of hydrogen-bond donors (Lipinski definition) is 2. The van der Waals surface area contributed by atoms with E-state index >= 15 is 0 Å². The second-order valence-electron chi connectivity index (χ2n) is 8.23. The minimum atomic E-state index is -0.584. The number of rotatable bonds is 6. The van der Waals surface area contributed by atoms with Crippen molar-refractivity contribution in [1.29, 1.82) is 0 Å². The van der Waals surface area contributed by atoms with Gasteiger partial charge < -0.3 is 15.8 Å². The first-order valence-corrected chi connectivity index (χ1v) is 11.8. The summed E-state index contributed by atoms with van der Waals surface area (Å²) in [6, 6.07) is 0. The molecule has 3 heterocycles. The lowest BCUT2D eigenvalue weighted by molar-refractivity contribution is -0.116. The predicted molar refractivity (Wildman–Crippen MR) is 125 cm³/mol. The smallest absolute Gasteiger partial charge is 0.341 e. The molecule has 9 nitrogen and oxygen atoms in total. The number of nitrogens with zero attached hydrogens (tertiary/aromatic N) is 3. The summed E-state index contributed by atoms with van der Waals surface area (Å²) in [6.07, 6.45) is 7.05. The number of hydrogen-bond acceptors (Lipinski definition) is 7. The van der Waals surface area contributed by atoms with Gasteiger partial charge in [0.05, 0.1) is 18.9 Å². The standard InChI is InChI=1S/C23H27N5O4S/c1-12-14(13(2)28-21(26-12)16(11-25-28)20(24)30)9-10-18(29)27-22-19(23(31)32-3)15-7-5-4-6-8-17(15)33-22/h11H,4-10H2,1-3H3,(H2,24,30)(H,27,29). The van der Waals surface area contributed by atoms with Crippen LogP contribution in [0.15, 0.2) is 6.20 Å². The first kappa shape index (κ1) is 22.9. The Hall–Kier alpha value is -3.27. The summed E-state index contributed by atoms with van der Waals surface area (Å²) in [5.41, 5.74) is 10.00. The Labute approximate surface area is 195 Å². The highest BCUT2D eigenvalue weighted by Crippen LogP contribution is 2.38. The number of thiophene rings is 1. The van der Waals surface area contributed by atoms with Crippen molar-refractivity contribution >= 4 is 39.8 Å². The lowest BCUT2D eigenvalue weighted by Gasteiger charge is -2.12. The summed E-state index contributed by atoms with van der Waals surface area (Å²) in [7, 11) is 1.36. The van der Waals surface area contributed by atoms with Crippen LogP contribution < -0.4 is 11.1 Å². The van der Waals surface area contributed by atoms with Gasteiger partial charge in [-0.3, -0.25) is 9.59 Å². The van der Waals surface area contributed by atoms with Gasteiger partial charge in [-0.2, -0.15) is 5.10 Å². The van der Waals surface area contributed by atoms with E-state index in [2.05, 4.69) is 15.4 Å². The monoisotopic (exact) mass is 469 g/mol. The van der Waals surface area contributed by atoms with Gasteiger partial charge in [-0.15, -0.1) is 11.3 Å². The molecule has 10 heteroatoms. The summed E-state index contributed by atoms with van der Waals surface area (Å²) in [5, 5.41) is 7.74. The van der Waals surface area contributed by atoms with Crippen LogP contribution in [0, 0.1) is 13.8 Å². The van der Waals surface area contributed by atoms with Crippen LogP contribution in [-0.4, -0.2) is 39.5 Å². The molecule has 0 aliphatic heterocycles. The maximum atomic E-state index is 12.8. The minimum Gasteiger partial charge on any atom is -0.465 e. The van der Waals surface area contributed by atoms with Crippen molar-refractivity contribution in [3.05, 3.63) is 44.7 Å². The van der Waals surface area contributed by atoms with Crippen LogP contribution in [0.25, 0.3) is 5.65 Å². The van der Waals surface area contributed by atoms with Crippen LogP contribution in [0.4, 0.5) is 5.00 Å². The van der Waals surface area contributed by atoms with E-state index in [1.165, 1.54) is 24.6 Å². The van der Waals surface area contributed by atoms with E-state index in [0.717, 1.165) is 53.8 Å². The van der Waals surface area contributed by atoms with Crippen LogP contribution in [0.5, 0.6) is 0 Å². The number of aryl methyl sites for hydroxylation is 3. The van der Waals surface area contributed by atoms with Crippen LogP contribution in [-0.2, 0) is 28.8 Å². The van der Waals surface area contributed by atoms with E-state index in [-0.39, 0.29) is 17.9 Å². The quantitative estimate of drug-likeness (QED) is 0.422. The number of esters is 1. The highest BCUT2D eigenvalue weighted by Gasteiger charge is 2.26. The molecule has 0 radical (unpaired) electrons. The largest absolute Gasteiger partial charge is 0.465 e. The van der Waals surface area contributed by atoms with Crippen molar-refractivity contribution in [1.82, 2.24) is 14.6 Å². The van der Waals surface area contributed by atoms with Crippen LogP contribution in [0.2, 0.25) is 0 Å². The summed E-state index contributed by atoms with van der Waals surface area (Å²) >= 11 is 1.48. The van der Waals surface area contributed by atoms with Gasteiger partial charge in [-0.05, 0) is 57.1 Å². The Bertz CT molecular complexity index is 1260. The highest BCUT2D eigenvalue weighted by atomic mass is 32.1. The molecule has 33 heavy (non-hydrogen) atoms. The van der Waals surface area contributed by atoms with Gasteiger partial charge in [0.25, 0.3) is 5.91 Å². The van der Waals surface area contributed by atoms with Gasteiger partial charge in [-0.1, -0.05) is 6.42 Å². The number of amides is 2. The number of carbonyl (C=O) groups is 3. The molecule has 0 bridgehead atoms. The Kier molecular flexibility index (Phi) is 6.46. The molecule has 3 aromatic rings. The minimum absolute atomic E-state index is 0.186. The van der Waals surface area contributed by atoms with Crippen LogP contribution in [0.3, 0.4) is 0 Å². The molecule has 2 amide bonds. The summed E-state index contributed by atoms with van der Waals surface area (Å²) in [4.78, 5) is 42.6. The maximum absolute atomic E-state index is 12.8. The van der Waals surface area contributed by atoms with Crippen LogP contribution >= 0.6 is 11.3 Å². The third kappa shape index (κ3) is 4.35. The molecule has 0 aromatic carbocycles. The second kappa shape index (κ2) is 9.30. The van der Waals surface area contributed by atoms with E-state index < -0.39 is 11.9 Å². The normalized spacial score (nSPS) is 13.4. The van der Waals surface area contributed by atoms with Gasteiger partial charge >= 0.3 is 5.97 Å². The number of nitrogens with two attached hydrogens (primary N) is 1. The summed E-state index contributed by atoms with van der Waals surface area (Å²) < 4.78 is 6.59. The van der Waals surface area contributed by atoms with Gasteiger partial charge in [-0.25, -0.2) is 14.3 Å². The molecule has 0 spiro atoms. The van der Waals surface area contributed by atoms with E-state index in [1.54, 1.807) is 4.52 Å². The fourth-order valence-electron chi connectivity index (χ4n) is 4.42. The van der Waals surface area contributed by atoms with Gasteiger partial charge in [0.15, 0.2) is 5.65 Å². The first-order chi connectivity index (χ1) is 15.8. The number of methoxy groups -OCH3 is 1. The molecule has 0 atom stereocenters. The zero-order chi connectivity index (χ0) is 23.7. The SMILES string of the molecule is COC(=O)c1c(NC(=O)CCc2c(C)nc3c(C(N)=O)cnn3c2C)sc2c1CCCCC2. The average molecular weight is 470 g/mol. The van der Waals surface area contributed by atoms with Gasteiger partial charge in [0.2, 0.25) is 5.91 Å². The molecule has 1 aliphatic carbocycles. The molecular formula is C23H27N5O4S. The lowest BCUT2D eigenvalue weighted by Crippen LogP contribution is -2.16. The second-order valence-corrected chi connectivity index (χ2v) is 9.33. The number of aromatic nitrogens is 3. The molecule has 0 fully saturated rings. The molecule has 0 saturated heterocycles. The number of nitrogens with one attached hydrogen (secondary N) is 1. The van der Waals surface area contributed by atoms with Crippen molar-refractivity contribution in [3.63, 3.8) is 0 Å². The fourth-order valence-corrected chi connectivity index (χ4v) is 5.72. The zero-order valence-electron chi connectivity index (χ0n) is 19.0. The van der Waals surface area contributed by atoms with E-state index in [1.807, 2.05) is 13.8 Å². The predicted octanol–water partition coefficient (Wildman–Crippen LogP) is 3.13. The Morgan fingerprint density at radius 2 is 1.97 bits per heavy atom. The molecule has 4 rings (SSSR count). The van der Waals surface area contributed by atoms with E-state index in [4.69, 9.17) is 10.5 Å².